The van der Waals surface area contributed by atoms with Crippen LogP contribution in [0.5, 0.6) is 5.75 Å². The summed E-state index contributed by atoms with van der Waals surface area (Å²) in [6.07, 6.45) is 4.97. The van der Waals surface area contributed by atoms with Gasteiger partial charge in [0.15, 0.2) is 11.6 Å². The van der Waals surface area contributed by atoms with Gasteiger partial charge in [0.25, 0.3) is 0 Å². The Bertz CT molecular complexity index is 1430. The molecule has 5 rings (SSSR count). The number of rotatable bonds is 8. The average Bonchev–Trinajstić information content (AvgIpc) is 2.91. The molecular weight excluding hydrogens is 509 g/mol. The summed E-state index contributed by atoms with van der Waals surface area (Å²) in [5.74, 6) is 0.152. The van der Waals surface area contributed by atoms with Gasteiger partial charge in [0.05, 0.1) is 43.2 Å². The first kappa shape index (κ1) is 25.4. The van der Waals surface area contributed by atoms with E-state index in [0.717, 1.165) is 28.7 Å². The molecule has 2 aromatic carbocycles. The quantitative estimate of drug-likeness (QED) is 0.215. The van der Waals surface area contributed by atoms with Crippen molar-refractivity contribution in [3.63, 3.8) is 0 Å². The van der Waals surface area contributed by atoms with Gasteiger partial charge in [-0.05, 0) is 60.0 Å². The van der Waals surface area contributed by atoms with Crippen molar-refractivity contribution in [1.29, 1.82) is 0 Å². The minimum atomic E-state index is -0.489. The van der Waals surface area contributed by atoms with Gasteiger partial charge in [-0.25, -0.2) is 14.8 Å². The molecule has 0 amide bonds. The summed E-state index contributed by atoms with van der Waals surface area (Å²) in [6.45, 7) is 2.18. The summed E-state index contributed by atoms with van der Waals surface area (Å²) in [4.78, 5) is 14.4. The maximum Gasteiger partial charge on any atom is 0.245 e. The topological polar surface area (TPSA) is 108 Å². The van der Waals surface area contributed by atoms with E-state index in [0.29, 0.717) is 43.4 Å². The Labute approximate surface area is 224 Å². The Hall–Kier alpha value is -4.28. The van der Waals surface area contributed by atoms with Crippen molar-refractivity contribution in [3.8, 4) is 5.75 Å². The number of phenolic OH excluding ortho intramolecular Hbond substituents is 1. The Morgan fingerprint density at radius 1 is 1.03 bits per heavy atom. The molecule has 38 heavy (non-hydrogen) atoms. The summed E-state index contributed by atoms with van der Waals surface area (Å²) in [5.41, 5.74) is 6.92. The molecule has 9 nitrogen and oxygen atoms in total. The van der Waals surface area contributed by atoms with Crippen molar-refractivity contribution in [2.75, 3.05) is 41.9 Å². The van der Waals surface area contributed by atoms with Crippen molar-refractivity contribution in [2.24, 2.45) is 5.10 Å². The summed E-state index contributed by atoms with van der Waals surface area (Å²) in [7, 11) is 0. The first-order chi connectivity index (χ1) is 18.5. The maximum atomic E-state index is 14.2. The molecule has 0 aliphatic carbocycles. The summed E-state index contributed by atoms with van der Waals surface area (Å²) in [5, 5.41) is 17.8. The third-order valence-electron chi connectivity index (χ3n) is 5.75. The number of hydrogen-bond donors (Lipinski definition) is 3. The van der Waals surface area contributed by atoms with Gasteiger partial charge < -0.3 is 20.1 Å². The van der Waals surface area contributed by atoms with E-state index in [9.17, 15) is 9.50 Å². The number of aromatic hydroxyl groups is 1. The van der Waals surface area contributed by atoms with Crippen molar-refractivity contribution >= 4 is 41.0 Å². The molecule has 3 heterocycles. The zero-order valence-corrected chi connectivity index (χ0v) is 21.1. The summed E-state index contributed by atoms with van der Waals surface area (Å²) in [6, 6.07) is 16.6. The van der Waals surface area contributed by atoms with Crippen LogP contribution in [0.2, 0.25) is 5.02 Å². The van der Waals surface area contributed by atoms with Crippen molar-refractivity contribution in [2.45, 2.75) is 6.42 Å². The highest BCUT2D eigenvalue weighted by atomic mass is 35.5. The van der Waals surface area contributed by atoms with E-state index in [4.69, 9.17) is 16.3 Å². The first-order valence-electron chi connectivity index (χ1n) is 12.0. The Morgan fingerprint density at radius 3 is 2.68 bits per heavy atom. The lowest BCUT2D eigenvalue weighted by Gasteiger charge is -2.27. The number of nitrogens with zero attached hydrogens (tertiary/aromatic N) is 5. The molecule has 11 heteroatoms. The normalized spacial score (nSPS) is 13.6. The van der Waals surface area contributed by atoms with E-state index in [1.165, 1.54) is 6.21 Å². The minimum absolute atomic E-state index is 0.185. The molecule has 1 aliphatic rings. The second-order valence-electron chi connectivity index (χ2n) is 8.63. The fourth-order valence-electron chi connectivity index (χ4n) is 4.01. The van der Waals surface area contributed by atoms with Crippen LogP contribution in [0.1, 0.15) is 16.8 Å². The Morgan fingerprint density at radius 2 is 1.89 bits per heavy atom. The SMILES string of the molecule is Oc1cccc(Cc2cc(Cl)cc(Nc3ccc(/C=N/Nc4ncc(F)c(N5CCOCC5)n4)nc3)c2)c1. The number of anilines is 4. The highest BCUT2D eigenvalue weighted by molar-refractivity contribution is 6.31. The van der Waals surface area contributed by atoms with Crippen LogP contribution < -0.4 is 15.6 Å². The fraction of sp³-hybridized carbons (Fsp3) is 0.185. The summed E-state index contributed by atoms with van der Waals surface area (Å²) < 4.78 is 19.5. The van der Waals surface area contributed by atoms with E-state index in [1.54, 1.807) is 24.4 Å². The molecular formula is C27H25ClFN7O2. The second kappa shape index (κ2) is 11.8. The van der Waals surface area contributed by atoms with E-state index in [2.05, 4.69) is 30.8 Å². The van der Waals surface area contributed by atoms with Crippen LogP contribution in [0.25, 0.3) is 0 Å². The number of pyridine rings is 1. The van der Waals surface area contributed by atoms with Crippen molar-refractivity contribution in [1.82, 2.24) is 15.0 Å². The smallest absolute Gasteiger partial charge is 0.245 e. The number of benzene rings is 2. The zero-order valence-electron chi connectivity index (χ0n) is 20.3. The van der Waals surface area contributed by atoms with Crippen LogP contribution in [0.3, 0.4) is 0 Å². The van der Waals surface area contributed by atoms with Gasteiger partial charge in [-0.3, -0.25) is 4.98 Å². The van der Waals surface area contributed by atoms with Gasteiger partial charge in [0, 0.05) is 23.8 Å². The molecule has 0 atom stereocenters. The highest BCUT2D eigenvalue weighted by Gasteiger charge is 2.17. The predicted octanol–water partition coefficient (Wildman–Crippen LogP) is 4.99. The van der Waals surface area contributed by atoms with E-state index in [1.807, 2.05) is 41.3 Å². The lowest BCUT2D eigenvalue weighted by Crippen LogP contribution is -2.37. The fourth-order valence-corrected chi connectivity index (χ4v) is 4.27. The van der Waals surface area contributed by atoms with Crippen LogP contribution in [0.4, 0.5) is 27.5 Å². The largest absolute Gasteiger partial charge is 0.508 e. The molecule has 1 fully saturated rings. The number of hydrogen-bond acceptors (Lipinski definition) is 9. The molecule has 0 bridgehead atoms. The number of morpholine rings is 1. The Balaban J connectivity index is 1.20. The van der Waals surface area contributed by atoms with Crippen molar-refractivity contribution < 1.29 is 14.2 Å². The van der Waals surface area contributed by atoms with Crippen LogP contribution in [0.15, 0.2) is 72.1 Å². The molecule has 0 spiro atoms. The molecule has 0 radical (unpaired) electrons. The summed E-state index contributed by atoms with van der Waals surface area (Å²) >= 11 is 6.34. The van der Waals surface area contributed by atoms with Crippen LogP contribution in [0, 0.1) is 5.82 Å². The van der Waals surface area contributed by atoms with Crippen molar-refractivity contribution in [3.05, 3.63) is 94.7 Å². The lowest BCUT2D eigenvalue weighted by molar-refractivity contribution is 0.122. The van der Waals surface area contributed by atoms with Gasteiger partial charge in [-0.1, -0.05) is 23.7 Å². The van der Waals surface area contributed by atoms with E-state index >= 15 is 0 Å². The molecule has 1 aliphatic heterocycles. The van der Waals surface area contributed by atoms with Crippen LogP contribution >= 0.6 is 11.6 Å². The van der Waals surface area contributed by atoms with E-state index in [-0.39, 0.29) is 17.5 Å². The number of halogens is 2. The van der Waals surface area contributed by atoms with Gasteiger partial charge in [0.2, 0.25) is 5.95 Å². The van der Waals surface area contributed by atoms with Gasteiger partial charge in [0.1, 0.15) is 5.75 Å². The van der Waals surface area contributed by atoms with Crippen LogP contribution in [-0.4, -0.2) is 52.6 Å². The van der Waals surface area contributed by atoms with Gasteiger partial charge in [-0.15, -0.1) is 0 Å². The third-order valence-corrected chi connectivity index (χ3v) is 5.97. The highest BCUT2D eigenvalue weighted by Crippen LogP contribution is 2.25. The second-order valence-corrected chi connectivity index (χ2v) is 9.06. The average molecular weight is 534 g/mol. The standard InChI is InChI=1S/C27H25ClFN7O2/c28-20-11-19(10-18-2-1-3-24(37)13-18)12-23(14-20)33-22-5-4-21(30-15-22)16-32-35-27-31-17-25(29)26(34-27)36-6-8-38-9-7-36/h1-5,11-17,33,37H,6-10H2,(H,31,34,35)/b32-16+. The number of aromatic nitrogens is 3. The number of ether oxygens (including phenoxy) is 1. The molecule has 1 saturated heterocycles. The number of phenols is 1. The van der Waals surface area contributed by atoms with Crippen LogP contribution in [-0.2, 0) is 11.2 Å². The predicted molar refractivity (Wildman–Crippen MR) is 146 cm³/mol. The first-order valence-corrected chi connectivity index (χ1v) is 12.3. The molecule has 4 aromatic rings. The molecule has 194 valence electrons. The third kappa shape index (κ3) is 6.72. The Kier molecular flexibility index (Phi) is 7.91. The van der Waals surface area contributed by atoms with Gasteiger partial charge >= 0.3 is 0 Å². The zero-order chi connectivity index (χ0) is 26.3. The minimum Gasteiger partial charge on any atom is -0.508 e. The van der Waals surface area contributed by atoms with E-state index < -0.39 is 5.82 Å². The monoisotopic (exact) mass is 533 g/mol. The molecule has 2 aromatic heterocycles. The molecule has 0 saturated carbocycles. The number of nitrogens with one attached hydrogen (secondary N) is 2. The lowest BCUT2D eigenvalue weighted by atomic mass is 10.0. The number of hydrazone groups is 1. The van der Waals surface area contributed by atoms with Gasteiger partial charge in [-0.2, -0.15) is 10.1 Å². The maximum absolute atomic E-state index is 14.2. The molecule has 0 unspecified atom stereocenters. The molecule has 3 N–H and O–H groups in total.